The Bertz CT molecular complexity index is 1720. The van der Waals surface area contributed by atoms with Gasteiger partial charge in [0.25, 0.3) is 18.4 Å². The zero-order chi connectivity index (χ0) is 38.9. The Morgan fingerprint density at radius 3 is 1.89 bits per heavy atom. The quantitative estimate of drug-likeness (QED) is 0.147. The molecule has 1 spiro atoms. The van der Waals surface area contributed by atoms with E-state index in [-0.39, 0.29) is 34.1 Å². The van der Waals surface area contributed by atoms with Gasteiger partial charge in [0.1, 0.15) is 0 Å². The van der Waals surface area contributed by atoms with Gasteiger partial charge in [-0.2, -0.15) is 8.42 Å². The van der Waals surface area contributed by atoms with Gasteiger partial charge in [0.15, 0.2) is 14.1 Å². The molecule has 5 atom stereocenters. The van der Waals surface area contributed by atoms with Crippen LogP contribution in [0.2, 0.25) is 23.2 Å². The first-order valence-corrected chi connectivity index (χ1v) is 25.3. The summed E-state index contributed by atoms with van der Waals surface area (Å²) in [6, 6.07) is 27.7. The Balaban J connectivity index is 1.40. The first-order valence-electron chi connectivity index (χ1n) is 19.0. The van der Waals surface area contributed by atoms with Crippen LogP contribution in [0.1, 0.15) is 86.1 Å². The molecule has 2 heterocycles. The summed E-state index contributed by atoms with van der Waals surface area (Å²) in [5, 5.41) is 13.6. The molecule has 0 amide bonds. The van der Waals surface area contributed by atoms with E-state index >= 15 is 0 Å². The van der Waals surface area contributed by atoms with Crippen LogP contribution in [0.15, 0.2) is 89.8 Å². The van der Waals surface area contributed by atoms with Gasteiger partial charge in [-0.15, -0.1) is 0 Å². The third kappa shape index (κ3) is 9.61. The normalized spacial score (nSPS) is 26.1. The van der Waals surface area contributed by atoms with Crippen LogP contribution in [0, 0.1) is 6.92 Å². The SMILES string of the molecule is Cc1ccc(S(=O)(=O)OC[C@H]2C[C@](C)(O[Si](C)(C)C(C)(C)C)C[C@@]3(C[C@@H](O)C[C@H](CCO[Si](c4ccccc4)(c4ccccc4)C(C)(C)C)O3)O2)cc1. The molecule has 0 aromatic heterocycles. The minimum Gasteiger partial charge on any atom is -0.411 e. The van der Waals surface area contributed by atoms with E-state index < -0.39 is 50.3 Å². The van der Waals surface area contributed by atoms with Crippen molar-refractivity contribution < 1.29 is 36.0 Å². The van der Waals surface area contributed by atoms with Crippen LogP contribution in [0.25, 0.3) is 0 Å². The molecule has 11 heteroatoms. The maximum absolute atomic E-state index is 13.3. The summed E-state index contributed by atoms with van der Waals surface area (Å²) in [6.07, 6.45) is 0.366. The van der Waals surface area contributed by atoms with E-state index in [0.717, 1.165) is 5.56 Å². The van der Waals surface area contributed by atoms with Gasteiger partial charge in [-0.1, -0.05) is 120 Å². The smallest absolute Gasteiger partial charge is 0.297 e. The van der Waals surface area contributed by atoms with Gasteiger partial charge >= 0.3 is 0 Å². The summed E-state index contributed by atoms with van der Waals surface area (Å²) in [7, 11) is -9.11. The first kappa shape index (κ1) is 42.0. The fourth-order valence-corrected chi connectivity index (χ4v) is 15.2. The molecule has 3 aromatic rings. The molecule has 2 aliphatic heterocycles. The zero-order valence-corrected chi connectivity index (χ0v) is 36.3. The largest absolute Gasteiger partial charge is 0.411 e. The molecule has 292 valence electrons. The summed E-state index contributed by atoms with van der Waals surface area (Å²) in [5.74, 6) is -1.20. The molecule has 2 saturated heterocycles. The van der Waals surface area contributed by atoms with E-state index in [9.17, 15) is 13.5 Å². The molecule has 53 heavy (non-hydrogen) atoms. The van der Waals surface area contributed by atoms with Crippen LogP contribution in [-0.4, -0.2) is 73.1 Å². The van der Waals surface area contributed by atoms with Crippen molar-refractivity contribution >= 4 is 37.1 Å². The van der Waals surface area contributed by atoms with Gasteiger partial charge in [0.2, 0.25) is 0 Å². The minimum absolute atomic E-state index is 0.0595. The van der Waals surface area contributed by atoms with E-state index in [1.54, 1.807) is 24.3 Å². The predicted molar refractivity (Wildman–Crippen MR) is 216 cm³/mol. The fraction of sp³-hybridized carbons (Fsp3) is 0.571. The predicted octanol–water partition coefficient (Wildman–Crippen LogP) is 7.86. The van der Waals surface area contributed by atoms with Crippen molar-refractivity contribution in [3.8, 4) is 0 Å². The topological polar surface area (TPSA) is 101 Å². The molecule has 3 aromatic carbocycles. The van der Waals surface area contributed by atoms with Crippen molar-refractivity contribution in [1.29, 1.82) is 0 Å². The van der Waals surface area contributed by atoms with E-state index in [0.29, 0.717) is 32.3 Å². The van der Waals surface area contributed by atoms with Gasteiger partial charge in [-0.25, -0.2) is 0 Å². The standard InChI is InChI=1S/C42H62O8SSi2/c1-32-21-23-36(24-22-32)51(44,45)46-30-35-29-41(8,50-52(9,10)39(2,3)4)31-42(49-35)28-33(43)27-34(48-42)25-26-47-53(40(5,6)7,37-17-13-11-14-18-37)38-19-15-12-16-20-38/h11-24,33-35,43H,25-31H2,1-10H3/t33-,34-,35+,41-,42+/m0/s1. The average Bonchev–Trinajstić information content (AvgIpc) is 3.04. The Morgan fingerprint density at radius 1 is 0.811 bits per heavy atom. The highest BCUT2D eigenvalue weighted by Crippen LogP contribution is 2.49. The van der Waals surface area contributed by atoms with Crippen molar-refractivity contribution in [2.24, 2.45) is 0 Å². The highest BCUT2D eigenvalue weighted by Gasteiger charge is 2.56. The number of ether oxygens (including phenoxy) is 2. The number of aryl methyl sites for hydroxylation is 1. The molecule has 0 bridgehead atoms. The molecule has 2 aliphatic rings. The van der Waals surface area contributed by atoms with E-state index in [1.165, 1.54) is 10.4 Å². The van der Waals surface area contributed by atoms with Crippen molar-refractivity contribution in [2.75, 3.05) is 13.2 Å². The van der Waals surface area contributed by atoms with Gasteiger partial charge < -0.3 is 23.4 Å². The van der Waals surface area contributed by atoms with Crippen LogP contribution in [0.5, 0.6) is 0 Å². The molecule has 2 fully saturated rings. The lowest BCUT2D eigenvalue weighted by Crippen LogP contribution is -2.66. The summed E-state index contributed by atoms with van der Waals surface area (Å²) in [5.41, 5.74) is 0.246. The van der Waals surface area contributed by atoms with Crippen LogP contribution >= 0.6 is 0 Å². The summed E-state index contributed by atoms with van der Waals surface area (Å²) >= 11 is 0. The molecular weight excluding hydrogens is 721 g/mol. The monoisotopic (exact) mass is 782 g/mol. The Kier molecular flexibility index (Phi) is 12.5. The highest BCUT2D eigenvalue weighted by molar-refractivity contribution is 7.86. The van der Waals surface area contributed by atoms with E-state index in [2.05, 4.69) is 110 Å². The number of aliphatic hydroxyl groups is 1. The van der Waals surface area contributed by atoms with Crippen LogP contribution < -0.4 is 10.4 Å². The number of hydrogen-bond acceptors (Lipinski definition) is 8. The Labute approximate surface area is 320 Å². The number of hydrogen-bond donors (Lipinski definition) is 1. The van der Waals surface area contributed by atoms with Crippen LogP contribution in [0.4, 0.5) is 0 Å². The molecule has 0 radical (unpaired) electrons. The first-order chi connectivity index (χ1) is 24.6. The Morgan fingerprint density at radius 2 is 1.36 bits per heavy atom. The number of benzene rings is 3. The van der Waals surface area contributed by atoms with Crippen molar-refractivity contribution in [3.63, 3.8) is 0 Å². The molecule has 0 saturated carbocycles. The number of aliphatic hydroxyl groups excluding tert-OH is 1. The molecule has 5 rings (SSSR count). The lowest BCUT2D eigenvalue weighted by Gasteiger charge is -2.55. The van der Waals surface area contributed by atoms with Crippen molar-refractivity contribution in [2.45, 2.75) is 145 Å². The summed E-state index contributed by atoms with van der Waals surface area (Å²) in [4.78, 5) is 0.0965. The molecule has 8 nitrogen and oxygen atoms in total. The van der Waals surface area contributed by atoms with E-state index in [4.69, 9.17) is 22.5 Å². The van der Waals surface area contributed by atoms with Gasteiger partial charge in [-0.3, -0.25) is 4.18 Å². The average molecular weight is 783 g/mol. The Hall–Kier alpha value is -2.20. The second-order valence-electron chi connectivity index (χ2n) is 18.0. The maximum Gasteiger partial charge on any atom is 0.297 e. The summed E-state index contributed by atoms with van der Waals surface area (Å²) in [6.45, 7) is 22.0. The van der Waals surface area contributed by atoms with Crippen molar-refractivity contribution in [1.82, 2.24) is 0 Å². The fourth-order valence-electron chi connectivity index (χ4n) is 8.01. The van der Waals surface area contributed by atoms with E-state index in [1.807, 2.05) is 19.1 Å². The number of rotatable bonds is 12. The maximum atomic E-state index is 13.3. The lowest BCUT2D eigenvalue weighted by atomic mass is 9.82. The van der Waals surface area contributed by atoms with Crippen LogP contribution in [-0.2, 0) is 32.6 Å². The third-order valence-electron chi connectivity index (χ3n) is 11.3. The minimum atomic E-state index is -4.03. The zero-order valence-electron chi connectivity index (χ0n) is 33.5. The third-order valence-corrected chi connectivity index (χ3v) is 22.3. The molecule has 0 aliphatic carbocycles. The lowest BCUT2D eigenvalue weighted by molar-refractivity contribution is -0.350. The second kappa shape index (κ2) is 15.7. The van der Waals surface area contributed by atoms with Gasteiger partial charge in [-0.05, 0) is 72.4 Å². The second-order valence-corrected chi connectivity index (χ2v) is 28.7. The van der Waals surface area contributed by atoms with Crippen molar-refractivity contribution in [3.05, 3.63) is 90.5 Å². The molecule has 0 unspecified atom stereocenters. The molecular formula is C42H62O8SSi2. The van der Waals surface area contributed by atoms with Crippen LogP contribution in [0.3, 0.4) is 0 Å². The van der Waals surface area contributed by atoms with Gasteiger partial charge in [0, 0.05) is 25.9 Å². The highest BCUT2D eigenvalue weighted by atomic mass is 32.2. The summed E-state index contributed by atoms with van der Waals surface area (Å²) < 4.78 is 60.2. The van der Waals surface area contributed by atoms with Gasteiger partial charge in [0.05, 0.1) is 35.4 Å². The molecule has 1 N–H and O–H groups in total.